The Hall–Kier alpha value is -0.930. The molecule has 5 rings (SSSR count). The van der Waals surface area contributed by atoms with Crippen molar-refractivity contribution in [3.05, 3.63) is 0 Å². The van der Waals surface area contributed by atoms with E-state index in [1.54, 1.807) is 0 Å². The molecule has 1 saturated heterocycles. The van der Waals surface area contributed by atoms with E-state index in [0.717, 1.165) is 19.3 Å². The number of hydrogen-bond acceptors (Lipinski definition) is 5. The average molecular weight is 410 g/mol. The van der Waals surface area contributed by atoms with Gasteiger partial charge in [-0.1, -0.05) is 0 Å². The van der Waals surface area contributed by atoms with Crippen molar-refractivity contribution in [2.75, 3.05) is 33.1 Å². The summed E-state index contributed by atoms with van der Waals surface area (Å²) >= 11 is 0. The average Bonchev–Trinajstić information content (AvgIpc) is 2.63. The van der Waals surface area contributed by atoms with Crippen molar-refractivity contribution >= 4 is 5.97 Å². The summed E-state index contributed by atoms with van der Waals surface area (Å²) in [4.78, 5) is 11.1. The van der Waals surface area contributed by atoms with Crippen LogP contribution < -0.4 is 0 Å². The second-order valence-electron chi connectivity index (χ2n) is 8.98. The third-order valence-corrected chi connectivity index (χ3v) is 6.71. The van der Waals surface area contributed by atoms with E-state index in [9.17, 15) is 22.4 Å². The lowest BCUT2D eigenvalue weighted by Crippen LogP contribution is -2.69. The summed E-state index contributed by atoms with van der Waals surface area (Å²) in [6.45, 7) is -1.45. The van der Waals surface area contributed by atoms with E-state index in [0.29, 0.717) is 25.7 Å². The van der Waals surface area contributed by atoms with Crippen molar-refractivity contribution in [3.63, 3.8) is 0 Å². The maximum atomic E-state index is 14.2. The molecule has 1 heterocycles. The summed E-state index contributed by atoms with van der Waals surface area (Å²) < 4.78 is 75.1. The third-order valence-electron chi connectivity index (χ3n) is 6.71. The molecule has 2 unspecified atom stereocenters. The van der Waals surface area contributed by atoms with Gasteiger partial charge in [-0.2, -0.15) is 8.78 Å². The van der Waals surface area contributed by atoms with E-state index in [1.807, 2.05) is 0 Å². The molecule has 0 radical (unpaired) electrons. The van der Waals surface area contributed by atoms with Crippen LogP contribution in [0.15, 0.2) is 0 Å². The highest BCUT2D eigenvalue weighted by atomic mass is 19.3. The molecule has 160 valence electrons. The summed E-state index contributed by atoms with van der Waals surface area (Å²) in [5, 5.41) is 0. The van der Waals surface area contributed by atoms with E-state index in [4.69, 9.17) is 14.2 Å². The smallest absolute Gasteiger partial charge is 0.376 e. The summed E-state index contributed by atoms with van der Waals surface area (Å²) in [6, 6.07) is 0. The summed E-state index contributed by atoms with van der Waals surface area (Å²) in [5.41, 5.74) is -2.51. The standard InChI is InChI=1S/C19H26F4O5/c1-16(21,22)15(24)25-2-3-26-18-6-12-4-13(7-18)19(14(5-12)8-18)27-10-17(23,9-20)11-28-19/h12-14H,2-11H2,1H3. The second kappa shape index (κ2) is 6.80. The van der Waals surface area contributed by atoms with Gasteiger partial charge in [-0.05, 0) is 38.0 Å². The highest BCUT2D eigenvalue weighted by molar-refractivity contribution is 5.76. The van der Waals surface area contributed by atoms with Crippen molar-refractivity contribution in [2.24, 2.45) is 17.8 Å². The van der Waals surface area contributed by atoms with Gasteiger partial charge in [0.2, 0.25) is 0 Å². The highest BCUT2D eigenvalue weighted by Crippen LogP contribution is 2.63. The SMILES string of the molecule is CC(F)(F)C(=O)OCCOC12CC3CC(C1)C1(OCC(F)(CF)CO1)C(C3)C2. The van der Waals surface area contributed by atoms with Crippen molar-refractivity contribution in [1.82, 2.24) is 0 Å². The fraction of sp³-hybridized carbons (Fsp3) is 0.947. The van der Waals surface area contributed by atoms with Crippen molar-refractivity contribution in [3.8, 4) is 0 Å². The Kier molecular flexibility index (Phi) is 4.94. The Morgan fingerprint density at radius 3 is 2.25 bits per heavy atom. The largest absolute Gasteiger partial charge is 0.459 e. The zero-order valence-corrected chi connectivity index (χ0v) is 15.9. The molecular formula is C19H26F4O5. The minimum Gasteiger partial charge on any atom is -0.459 e. The molecule has 5 fully saturated rings. The van der Waals surface area contributed by atoms with Gasteiger partial charge in [-0.25, -0.2) is 13.6 Å². The summed E-state index contributed by atoms with van der Waals surface area (Å²) in [5.74, 6) is -5.50. The molecule has 0 aromatic carbocycles. The lowest BCUT2D eigenvalue weighted by atomic mass is 9.51. The third kappa shape index (κ3) is 3.43. The summed E-state index contributed by atoms with van der Waals surface area (Å²) in [7, 11) is 0. The first-order valence-corrected chi connectivity index (χ1v) is 9.82. The van der Waals surface area contributed by atoms with Gasteiger partial charge < -0.3 is 18.9 Å². The predicted molar refractivity (Wildman–Crippen MR) is 88.3 cm³/mol. The molecule has 1 spiro atoms. The van der Waals surface area contributed by atoms with Crippen LogP contribution in [0.4, 0.5) is 17.6 Å². The summed E-state index contributed by atoms with van der Waals surface area (Å²) in [6.07, 6.45) is 3.91. The number of carbonyl (C=O) groups excluding carboxylic acids is 1. The zero-order chi connectivity index (χ0) is 20.2. The molecule has 4 aliphatic carbocycles. The van der Waals surface area contributed by atoms with Gasteiger partial charge in [0, 0.05) is 18.8 Å². The van der Waals surface area contributed by atoms with Gasteiger partial charge in [0.1, 0.15) is 13.3 Å². The van der Waals surface area contributed by atoms with Gasteiger partial charge in [-0.3, -0.25) is 0 Å². The lowest BCUT2D eigenvalue weighted by Gasteiger charge is -2.65. The molecule has 28 heavy (non-hydrogen) atoms. The van der Waals surface area contributed by atoms with E-state index in [2.05, 4.69) is 4.74 Å². The van der Waals surface area contributed by atoms with Crippen LogP contribution in [0.1, 0.15) is 39.0 Å². The quantitative estimate of drug-likeness (QED) is 0.382. The molecule has 4 saturated carbocycles. The first-order chi connectivity index (χ1) is 13.1. The van der Waals surface area contributed by atoms with E-state index >= 15 is 0 Å². The number of rotatable bonds is 6. The first-order valence-electron chi connectivity index (χ1n) is 9.82. The Morgan fingerprint density at radius 1 is 1.11 bits per heavy atom. The van der Waals surface area contributed by atoms with E-state index in [1.165, 1.54) is 0 Å². The first kappa shape index (κ1) is 20.3. The molecule has 5 nitrogen and oxygen atoms in total. The molecule has 0 aromatic rings. The van der Waals surface area contributed by atoms with Crippen molar-refractivity contribution in [2.45, 2.75) is 62.0 Å². The van der Waals surface area contributed by atoms with Gasteiger partial charge in [0.05, 0.1) is 25.4 Å². The van der Waals surface area contributed by atoms with Gasteiger partial charge in [0.15, 0.2) is 11.5 Å². The maximum absolute atomic E-state index is 14.2. The molecule has 5 aliphatic rings. The van der Waals surface area contributed by atoms with Crippen LogP contribution in [-0.4, -0.2) is 62.1 Å². The van der Waals surface area contributed by atoms with Crippen LogP contribution in [0.2, 0.25) is 0 Å². The normalized spacial score (nSPS) is 44.8. The molecule has 9 heteroatoms. The number of esters is 1. The van der Waals surface area contributed by atoms with Gasteiger partial charge >= 0.3 is 11.9 Å². The number of ether oxygens (including phenoxy) is 4. The topological polar surface area (TPSA) is 54.0 Å². The Morgan fingerprint density at radius 2 is 1.71 bits per heavy atom. The minimum absolute atomic E-state index is 0.0189. The Bertz CT molecular complexity index is 596. The van der Waals surface area contributed by atoms with Crippen LogP contribution >= 0.6 is 0 Å². The molecule has 4 bridgehead atoms. The van der Waals surface area contributed by atoms with Crippen LogP contribution in [0, 0.1) is 17.8 Å². The number of alkyl halides is 4. The fourth-order valence-electron chi connectivity index (χ4n) is 5.67. The van der Waals surface area contributed by atoms with Crippen LogP contribution in [0.3, 0.4) is 0 Å². The molecule has 2 atom stereocenters. The maximum Gasteiger partial charge on any atom is 0.376 e. The Labute approximate surface area is 161 Å². The minimum atomic E-state index is -3.52. The molecule has 0 aromatic heterocycles. The van der Waals surface area contributed by atoms with Crippen molar-refractivity contribution in [1.29, 1.82) is 0 Å². The van der Waals surface area contributed by atoms with Crippen LogP contribution in [0.25, 0.3) is 0 Å². The molecule has 1 aliphatic heterocycles. The van der Waals surface area contributed by atoms with E-state index < -0.39 is 35.6 Å². The molecule has 0 amide bonds. The predicted octanol–water partition coefficient (Wildman–Crippen LogP) is 3.20. The van der Waals surface area contributed by atoms with Crippen molar-refractivity contribution < 1.29 is 41.3 Å². The van der Waals surface area contributed by atoms with Crippen LogP contribution in [-0.2, 0) is 23.7 Å². The van der Waals surface area contributed by atoms with Crippen LogP contribution in [0.5, 0.6) is 0 Å². The number of halogens is 4. The number of carbonyl (C=O) groups is 1. The van der Waals surface area contributed by atoms with Gasteiger partial charge in [-0.15, -0.1) is 0 Å². The van der Waals surface area contributed by atoms with Gasteiger partial charge in [0.25, 0.3) is 0 Å². The lowest BCUT2D eigenvalue weighted by molar-refractivity contribution is -0.395. The number of hydrogen-bond donors (Lipinski definition) is 0. The fourth-order valence-corrected chi connectivity index (χ4v) is 5.67. The zero-order valence-electron chi connectivity index (χ0n) is 15.9. The highest BCUT2D eigenvalue weighted by Gasteiger charge is 2.66. The second-order valence-corrected chi connectivity index (χ2v) is 8.98. The van der Waals surface area contributed by atoms with E-state index in [-0.39, 0.29) is 38.3 Å². The Balaban J connectivity index is 1.36. The molecule has 0 N–H and O–H groups in total. The monoisotopic (exact) mass is 410 g/mol. The molecular weight excluding hydrogens is 384 g/mol.